The van der Waals surface area contributed by atoms with E-state index < -0.39 is 17.1 Å². The summed E-state index contributed by atoms with van der Waals surface area (Å²) in [6.45, 7) is 0.373. The maximum Gasteiger partial charge on any atom is 0.310 e. The molecule has 0 aromatic carbocycles. The molecule has 2 unspecified atom stereocenters. The Kier molecular flexibility index (Phi) is 2.71. The second-order valence-corrected chi connectivity index (χ2v) is 3.66. The topological polar surface area (TPSA) is 99.7 Å². The number of aliphatic hydroxyl groups is 2. The predicted molar refractivity (Wildman–Crippen MR) is 55.1 cm³/mol. The number of anilines is 1. The maximum atomic E-state index is 10.8. The molecular weight excluding hydrogens is 214 g/mol. The summed E-state index contributed by atoms with van der Waals surface area (Å²) in [6, 6.07) is 1.50. The average molecular weight is 225 g/mol. The molecule has 0 spiro atoms. The highest BCUT2D eigenvalue weighted by Gasteiger charge is 2.32. The van der Waals surface area contributed by atoms with Crippen LogP contribution in [0.15, 0.2) is 18.5 Å². The molecule has 2 atom stereocenters. The van der Waals surface area contributed by atoms with Gasteiger partial charge in [0.2, 0.25) is 0 Å². The zero-order chi connectivity index (χ0) is 11.7. The first-order valence-corrected chi connectivity index (χ1v) is 4.79. The monoisotopic (exact) mass is 225 g/mol. The van der Waals surface area contributed by atoms with Crippen LogP contribution in [-0.4, -0.2) is 45.4 Å². The van der Waals surface area contributed by atoms with Gasteiger partial charge in [0.15, 0.2) is 0 Å². The minimum atomic E-state index is -0.868. The van der Waals surface area contributed by atoms with Gasteiger partial charge in [0, 0.05) is 19.3 Å². The van der Waals surface area contributed by atoms with Crippen LogP contribution in [0.2, 0.25) is 0 Å². The molecule has 1 aromatic rings. The van der Waals surface area contributed by atoms with Crippen LogP contribution in [0.4, 0.5) is 11.4 Å². The van der Waals surface area contributed by atoms with Gasteiger partial charge in [-0.25, -0.2) is 0 Å². The highest BCUT2D eigenvalue weighted by molar-refractivity contribution is 5.62. The SMILES string of the molecule is O=[N+]([O-])c1cnccc1N1CC(O)C(O)C1. The standard InChI is InChI=1S/C9H11N3O4/c13-8-4-11(5-9(8)14)6-1-2-10-3-7(6)12(15)16/h1-3,8-9,13-14H,4-5H2. The molecule has 1 aliphatic rings. The Morgan fingerprint density at radius 2 is 2.06 bits per heavy atom. The van der Waals surface area contributed by atoms with E-state index in [-0.39, 0.29) is 18.8 Å². The van der Waals surface area contributed by atoms with Gasteiger partial charge in [0.05, 0.1) is 17.1 Å². The van der Waals surface area contributed by atoms with E-state index in [0.29, 0.717) is 5.69 Å². The largest absolute Gasteiger partial charge is 0.389 e. The third kappa shape index (κ3) is 1.82. The van der Waals surface area contributed by atoms with E-state index >= 15 is 0 Å². The van der Waals surface area contributed by atoms with Gasteiger partial charge >= 0.3 is 5.69 Å². The van der Waals surface area contributed by atoms with Crippen LogP contribution in [0.1, 0.15) is 0 Å². The maximum absolute atomic E-state index is 10.8. The van der Waals surface area contributed by atoms with E-state index in [1.165, 1.54) is 12.3 Å². The van der Waals surface area contributed by atoms with Crippen LogP contribution in [0.5, 0.6) is 0 Å². The zero-order valence-electron chi connectivity index (χ0n) is 8.35. The Bertz CT molecular complexity index is 401. The van der Waals surface area contributed by atoms with E-state index in [1.807, 2.05) is 0 Å². The highest BCUT2D eigenvalue weighted by Crippen LogP contribution is 2.29. The molecule has 1 aromatic heterocycles. The molecule has 1 aliphatic heterocycles. The molecule has 2 rings (SSSR count). The Balaban J connectivity index is 2.31. The lowest BCUT2D eigenvalue weighted by molar-refractivity contribution is -0.384. The zero-order valence-corrected chi connectivity index (χ0v) is 8.35. The lowest BCUT2D eigenvalue weighted by atomic mass is 10.3. The summed E-state index contributed by atoms with van der Waals surface area (Å²) in [6.07, 6.45) is 0.867. The van der Waals surface area contributed by atoms with Crippen LogP contribution in [0, 0.1) is 10.1 Å². The Morgan fingerprint density at radius 3 is 2.62 bits per heavy atom. The molecular formula is C9H11N3O4. The van der Waals surface area contributed by atoms with Gasteiger partial charge < -0.3 is 15.1 Å². The number of β-amino-alcohol motifs (C(OH)–C–C–N with tert-alkyl or cyclic N) is 2. The van der Waals surface area contributed by atoms with Crippen molar-refractivity contribution in [3.63, 3.8) is 0 Å². The third-order valence-electron chi connectivity index (χ3n) is 2.57. The van der Waals surface area contributed by atoms with Crippen molar-refractivity contribution >= 4 is 11.4 Å². The lowest BCUT2D eigenvalue weighted by Crippen LogP contribution is -2.22. The van der Waals surface area contributed by atoms with Crippen molar-refractivity contribution in [2.75, 3.05) is 18.0 Å². The number of hydrogen-bond donors (Lipinski definition) is 2. The third-order valence-corrected chi connectivity index (χ3v) is 2.57. The van der Waals surface area contributed by atoms with Crippen molar-refractivity contribution in [3.8, 4) is 0 Å². The van der Waals surface area contributed by atoms with Crippen LogP contribution in [0.3, 0.4) is 0 Å². The molecule has 2 heterocycles. The predicted octanol–water partition coefficient (Wildman–Crippen LogP) is -0.468. The van der Waals surface area contributed by atoms with E-state index in [4.69, 9.17) is 0 Å². The molecule has 86 valence electrons. The van der Waals surface area contributed by atoms with Gasteiger partial charge in [-0.2, -0.15) is 0 Å². The first kappa shape index (κ1) is 10.8. The molecule has 1 saturated heterocycles. The van der Waals surface area contributed by atoms with E-state index in [0.717, 1.165) is 6.20 Å². The van der Waals surface area contributed by atoms with Crippen molar-refractivity contribution < 1.29 is 15.1 Å². The van der Waals surface area contributed by atoms with Crippen LogP contribution in [-0.2, 0) is 0 Å². The van der Waals surface area contributed by atoms with Gasteiger partial charge in [0.25, 0.3) is 0 Å². The Morgan fingerprint density at radius 1 is 1.44 bits per heavy atom. The molecule has 0 saturated carbocycles. The van der Waals surface area contributed by atoms with Crippen molar-refractivity contribution in [2.24, 2.45) is 0 Å². The fourth-order valence-electron chi connectivity index (χ4n) is 1.75. The average Bonchev–Trinajstić information content (AvgIpc) is 2.59. The second kappa shape index (κ2) is 4.03. The van der Waals surface area contributed by atoms with Crippen LogP contribution < -0.4 is 4.90 Å². The number of aliphatic hydroxyl groups excluding tert-OH is 2. The van der Waals surface area contributed by atoms with Crippen LogP contribution in [0.25, 0.3) is 0 Å². The first-order valence-electron chi connectivity index (χ1n) is 4.79. The van der Waals surface area contributed by atoms with Crippen molar-refractivity contribution in [1.82, 2.24) is 4.98 Å². The fourth-order valence-corrected chi connectivity index (χ4v) is 1.75. The lowest BCUT2D eigenvalue weighted by Gasteiger charge is -2.16. The molecule has 0 bridgehead atoms. The smallest absolute Gasteiger partial charge is 0.310 e. The summed E-state index contributed by atoms with van der Waals surface area (Å²) >= 11 is 0. The highest BCUT2D eigenvalue weighted by atomic mass is 16.6. The summed E-state index contributed by atoms with van der Waals surface area (Å²) in [7, 11) is 0. The first-order chi connectivity index (χ1) is 7.59. The number of hydrogen-bond acceptors (Lipinski definition) is 6. The minimum Gasteiger partial charge on any atom is -0.389 e. The van der Waals surface area contributed by atoms with Crippen LogP contribution >= 0.6 is 0 Å². The summed E-state index contributed by atoms with van der Waals surface area (Å²) < 4.78 is 0. The summed E-state index contributed by atoms with van der Waals surface area (Å²) in [5.74, 6) is 0. The summed E-state index contributed by atoms with van der Waals surface area (Å²) in [5, 5.41) is 29.5. The van der Waals surface area contributed by atoms with Gasteiger partial charge in [-0.05, 0) is 6.07 Å². The van der Waals surface area contributed by atoms with Gasteiger partial charge in [-0.1, -0.05) is 0 Å². The molecule has 1 fully saturated rings. The molecule has 2 N–H and O–H groups in total. The van der Waals surface area contributed by atoms with E-state index in [1.54, 1.807) is 4.90 Å². The van der Waals surface area contributed by atoms with E-state index in [9.17, 15) is 20.3 Å². The summed E-state index contributed by atoms with van der Waals surface area (Å²) in [4.78, 5) is 15.5. The van der Waals surface area contributed by atoms with Gasteiger partial charge in [-0.3, -0.25) is 15.1 Å². The van der Waals surface area contributed by atoms with Crippen molar-refractivity contribution in [1.29, 1.82) is 0 Å². The molecule has 7 nitrogen and oxygen atoms in total. The Labute approximate surface area is 91.1 Å². The fraction of sp³-hybridized carbons (Fsp3) is 0.444. The molecule has 7 heteroatoms. The molecule has 16 heavy (non-hydrogen) atoms. The Hall–Kier alpha value is -1.73. The summed E-state index contributed by atoms with van der Waals surface area (Å²) in [5.41, 5.74) is 0.249. The van der Waals surface area contributed by atoms with Crippen molar-refractivity contribution in [3.05, 3.63) is 28.6 Å². The molecule has 0 aliphatic carbocycles. The molecule has 0 radical (unpaired) electrons. The van der Waals surface area contributed by atoms with Crippen molar-refractivity contribution in [2.45, 2.75) is 12.2 Å². The van der Waals surface area contributed by atoms with E-state index in [2.05, 4.69) is 4.98 Å². The number of aromatic nitrogens is 1. The number of nitrogens with zero attached hydrogens (tertiary/aromatic N) is 3. The number of pyridine rings is 1. The van der Waals surface area contributed by atoms with Gasteiger partial charge in [0.1, 0.15) is 11.9 Å². The number of rotatable bonds is 2. The molecule has 0 amide bonds. The number of nitro groups is 1. The second-order valence-electron chi connectivity index (χ2n) is 3.66. The minimum absolute atomic E-state index is 0.121. The quantitative estimate of drug-likeness (QED) is 0.521. The van der Waals surface area contributed by atoms with Gasteiger partial charge in [-0.15, -0.1) is 0 Å². The normalized spacial score (nSPS) is 24.8.